The van der Waals surface area contributed by atoms with Gasteiger partial charge in [-0.1, -0.05) is 12.1 Å². The molecule has 148 valence electrons. The zero-order valence-electron chi connectivity index (χ0n) is 15.9. The van der Waals surface area contributed by atoms with Crippen molar-refractivity contribution in [2.75, 3.05) is 26.9 Å². The van der Waals surface area contributed by atoms with Crippen molar-refractivity contribution >= 4 is 11.9 Å². The Kier molecular flexibility index (Phi) is 6.37. The molecule has 0 aliphatic carbocycles. The minimum absolute atomic E-state index is 0.0112. The number of methoxy groups -OCH3 is 1. The molecule has 7 nitrogen and oxygen atoms in total. The van der Waals surface area contributed by atoms with Gasteiger partial charge >= 0.3 is 5.97 Å². The summed E-state index contributed by atoms with van der Waals surface area (Å²) in [5, 5.41) is 2.91. The maximum Gasteiger partial charge on any atom is 0.308 e. The number of carbonyl (C=O) groups excluding carboxylic acids is 2. The molecule has 0 bridgehead atoms. The van der Waals surface area contributed by atoms with Gasteiger partial charge in [0.25, 0.3) is 5.91 Å². The van der Waals surface area contributed by atoms with E-state index in [9.17, 15) is 9.59 Å². The molecule has 0 saturated heterocycles. The van der Waals surface area contributed by atoms with E-state index < -0.39 is 12.0 Å². The van der Waals surface area contributed by atoms with Gasteiger partial charge in [0.1, 0.15) is 19.0 Å². The molecule has 0 saturated carbocycles. The highest BCUT2D eigenvalue weighted by molar-refractivity contribution is 5.95. The summed E-state index contributed by atoms with van der Waals surface area (Å²) in [6, 6.07) is 11.7. The van der Waals surface area contributed by atoms with E-state index in [2.05, 4.69) is 5.32 Å². The van der Waals surface area contributed by atoms with Crippen LogP contribution in [0.5, 0.6) is 17.2 Å². The largest absolute Gasteiger partial charge is 0.497 e. The second-order valence-electron chi connectivity index (χ2n) is 6.17. The van der Waals surface area contributed by atoms with E-state index in [4.69, 9.17) is 18.9 Å². The number of fused-ring (bicyclic) bond motifs is 1. The first-order valence-corrected chi connectivity index (χ1v) is 9.10. The molecule has 0 fully saturated rings. The van der Waals surface area contributed by atoms with Gasteiger partial charge in [0.05, 0.1) is 26.2 Å². The summed E-state index contributed by atoms with van der Waals surface area (Å²) in [7, 11) is 1.56. The van der Waals surface area contributed by atoms with Gasteiger partial charge in [0.15, 0.2) is 11.5 Å². The highest BCUT2D eigenvalue weighted by Crippen LogP contribution is 2.31. The Balaban J connectivity index is 1.81. The van der Waals surface area contributed by atoms with Gasteiger partial charge in [0.2, 0.25) is 0 Å². The Labute approximate surface area is 163 Å². The van der Waals surface area contributed by atoms with Crippen LogP contribution in [-0.4, -0.2) is 38.8 Å². The van der Waals surface area contributed by atoms with Crippen LogP contribution < -0.4 is 19.5 Å². The SMILES string of the molecule is CCOC(=O)CC(NC(=O)c1ccc2c(c1)OCCO2)c1cccc(OC)c1. The predicted octanol–water partition coefficient (Wildman–Crippen LogP) is 2.89. The van der Waals surface area contributed by atoms with E-state index in [1.165, 1.54) is 0 Å². The van der Waals surface area contributed by atoms with Crippen LogP contribution in [0.4, 0.5) is 0 Å². The number of nitrogens with one attached hydrogen (secondary N) is 1. The zero-order valence-corrected chi connectivity index (χ0v) is 15.9. The molecule has 1 unspecified atom stereocenters. The van der Waals surface area contributed by atoms with E-state index >= 15 is 0 Å². The minimum atomic E-state index is -0.560. The Morgan fingerprint density at radius 3 is 2.64 bits per heavy atom. The van der Waals surface area contributed by atoms with Gasteiger partial charge in [-0.15, -0.1) is 0 Å². The van der Waals surface area contributed by atoms with Crippen molar-refractivity contribution in [3.05, 3.63) is 53.6 Å². The molecule has 1 N–H and O–H groups in total. The number of benzene rings is 2. The number of hydrogen-bond acceptors (Lipinski definition) is 6. The minimum Gasteiger partial charge on any atom is -0.497 e. The van der Waals surface area contributed by atoms with E-state index in [1.807, 2.05) is 12.1 Å². The second kappa shape index (κ2) is 9.12. The average Bonchev–Trinajstić information content (AvgIpc) is 2.73. The lowest BCUT2D eigenvalue weighted by molar-refractivity contribution is -0.143. The van der Waals surface area contributed by atoms with Crippen LogP contribution in [0, 0.1) is 0 Å². The number of esters is 1. The third kappa shape index (κ3) is 4.73. The smallest absolute Gasteiger partial charge is 0.308 e. The molecule has 28 heavy (non-hydrogen) atoms. The summed E-state index contributed by atoms with van der Waals surface area (Å²) in [5.74, 6) is 1.06. The fraction of sp³-hybridized carbons (Fsp3) is 0.333. The number of amides is 1. The van der Waals surface area contributed by atoms with E-state index in [0.717, 1.165) is 5.56 Å². The molecular formula is C21H23NO6. The highest BCUT2D eigenvalue weighted by atomic mass is 16.6. The molecule has 0 spiro atoms. The molecule has 1 aliphatic rings. The van der Waals surface area contributed by atoms with Gasteiger partial charge in [-0.25, -0.2) is 0 Å². The monoisotopic (exact) mass is 385 g/mol. The molecule has 0 radical (unpaired) electrons. The maximum atomic E-state index is 12.8. The molecule has 1 atom stereocenters. The van der Waals surface area contributed by atoms with Gasteiger partial charge in [-0.3, -0.25) is 9.59 Å². The van der Waals surface area contributed by atoms with E-state index in [-0.39, 0.29) is 18.9 Å². The first-order chi connectivity index (χ1) is 13.6. The van der Waals surface area contributed by atoms with Crippen LogP contribution in [0.1, 0.15) is 35.3 Å². The number of rotatable bonds is 7. The van der Waals surface area contributed by atoms with Crippen molar-refractivity contribution in [3.8, 4) is 17.2 Å². The molecule has 1 aliphatic heterocycles. The quantitative estimate of drug-likeness (QED) is 0.738. The molecule has 7 heteroatoms. The fourth-order valence-corrected chi connectivity index (χ4v) is 2.92. The third-order valence-corrected chi connectivity index (χ3v) is 4.28. The predicted molar refractivity (Wildman–Crippen MR) is 102 cm³/mol. The zero-order chi connectivity index (χ0) is 19.9. The lowest BCUT2D eigenvalue weighted by atomic mass is 10.0. The second-order valence-corrected chi connectivity index (χ2v) is 6.17. The van der Waals surface area contributed by atoms with Crippen LogP contribution in [0.15, 0.2) is 42.5 Å². The molecule has 1 amide bonds. The number of carbonyl (C=O) groups is 2. The fourth-order valence-electron chi connectivity index (χ4n) is 2.92. The molecule has 0 aromatic heterocycles. The summed E-state index contributed by atoms with van der Waals surface area (Å²) in [6.07, 6.45) is 0.0112. The van der Waals surface area contributed by atoms with Crippen LogP contribution in [0.3, 0.4) is 0 Å². The number of ether oxygens (including phenoxy) is 4. The molecule has 3 rings (SSSR count). The Morgan fingerprint density at radius 2 is 1.89 bits per heavy atom. The van der Waals surface area contributed by atoms with Crippen LogP contribution >= 0.6 is 0 Å². The summed E-state index contributed by atoms with van der Waals surface area (Å²) in [4.78, 5) is 24.9. The maximum absolute atomic E-state index is 12.8. The Morgan fingerprint density at radius 1 is 1.11 bits per heavy atom. The lowest BCUT2D eigenvalue weighted by Gasteiger charge is -2.21. The first-order valence-electron chi connectivity index (χ1n) is 9.10. The standard InChI is InChI=1S/C21H23NO6/c1-3-26-20(23)13-17(14-5-4-6-16(11-14)25-2)22-21(24)15-7-8-18-19(12-15)28-10-9-27-18/h4-8,11-12,17H,3,9-10,13H2,1-2H3,(H,22,24). The average molecular weight is 385 g/mol. The van der Waals surface area contributed by atoms with Crippen molar-refractivity contribution in [1.29, 1.82) is 0 Å². The third-order valence-electron chi connectivity index (χ3n) is 4.28. The van der Waals surface area contributed by atoms with E-state index in [0.29, 0.717) is 36.0 Å². The normalized spacial score (nSPS) is 13.4. The van der Waals surface area contributed by atoms with Crippen molar-refractivity contribution in [1.82, 2.24) is 5.32 Å². The first kappa shape index (κ1) is 19.5. The van der Waals surface area contributed by atoms with Crippen LogP contribution in [0.2, 0.25) is 0 Å². The Hall–Kier alpha value is -3.22. The topological polar surface area (TPSA) is 83.1 Å². The van der Waals surface area contributed by atoms with Crippen molar-refractivity contribution in [2.45, 2.75) is 19.4 Å². The van der Waals surface area contributed by atoms with Crippen LogP contribution in [-0.2, 0) is 9.53 Å². The van der Waals surface area contributed by atoms with Crippen molar-refractivity contribution in [2.24, 2.45) is 0 Å². The summed E-state index contributed by atoms with van der Waals surface area (Å²) in [5.41, 5.74) is 1.17. The molecule has 2 aromatic rings. The molecule has 2 aromatic carbocycles. The molecular weight excluding hydrogens is 362 g/mol. The summed E-state index contributed by atoms with van der Waals surface area (Å²) in [6.45, 7) is 2.94. The summed E-state index contributed by atoms with van der Waals surface area (Å²) < 4.78 is 21.3. The van der Waals surface area contributed by atoms with Crippen molar-refractivity contribution in [3.63, 3.8) is 0 Å². The lowest BCUT2D eigenvalue weighted by Crippen LogP contribution is -2.31. The summed E-state index contributed by atoms with van der Waals surface area (Å²) >= 11 is 0. The van der Waals surface area contributed by atoms with Gasteiger partial charge in [-0.05, 0) is 42.8 Å². The Bertz CT molecular complexity index is 851. The van der Waals surface area contributed by atoms with Crippen LogP contribution in [0.25, 0.3) is 0 Å². The van der Waals surface area contributed by atoms with E-state index in [1.54, 1.807) is 44.4 Å². The molecule has 1 heterocycles. The van der Waals surface area contributed by atoms with Gasteiger partial charge in [-0.2, -0.15) is 0 Å². The highest BCUT2D eigenvalue weighted by Gasteiger charge is 2.22. The van der Waals surface area contributed by atoms with Crippen molar-refractivity contribution < 1.29 is 28.5 Å². The number of hydrogen-bond donors (Lipinski definition) is 1. The van der Waals surface area contributed by atoms with Gasteiger partial charge < -0.3 is 24.3 Å². The van der Waals surface area contributed by atoms with Gasteiger partial charge in [0, 0.05) is 5.56 Å².